The van der Waals surface area contributed by atoms with E-state index in [0.717, 1.165) is 12.1 Å². The maximum atomic E-state index is 12.7. The van der Waals surface area contributed by atoms with Gasteiger partial charge in [0, 0.05) is 24.9 Å². The zero-order valence-electron chi connectivity index (χ0n) is 14.0. The van der Waals surface area contributed by atoms with Crippen LogP contribution in [-0.2, 0) is 17.5 Å². The van der Waals surface area contributed by atoms with Crippen molar-refractivity contribution >= 4 is 11.7 Å². The molecule has 2 aromatic rings. The third-order valence-electron chi connectivity index (χ3n) is 4.26. The molecule has 0 atom stereocenters. The number of halogens is 3. The highest BCUT2D eigenvalue weighted by molar-refractivity contribution is 5.89. The van der Waals surface area contributed by atoms with Gasteiger partial charge in [-0.1, -0.05) is 0 Å². The summed E-state index contributed by atoms with van der Waals surface area (Å²) in [6.07, 6.45) is -1.48. The predicted molar refractivity (Wildman–Crippen MR) is 88.6 cm³/mol. The van der Waals surface area contributed by atoms with Gasteiger partial charge in [-0.05, 0) is 49.2 Å². The molecule has 1 fully saturated rings. The van der Waals surface area contributed by atoms with Gasteiger partial charge in [-0.15, -0.1) is 0 Å². The van der Waals surface area contributed by atoms with Crippen molar-refractivity contribution in [2.45, 2.75) is 31.6 Å². The number of ether oxygens (including phenoxy) is 1. The quantitative estimate of drug-likeness (QED) is 0.864. The standard InChI is InChI=1S/C18H19F3N2O3/c19-18(20,21)13-3-5-14(6-4-13)22-17(24)23(12-16-2-1-9-26-16)15-7-10-25-11-8-15/h1-6,9,15H,7-8,10-12H2,(H,22,24). The van der Waals surface area contributed by atoms with Crippen molar-refractivity contribution < 1.29 is 27.1 Å². The molecule has 1 aliphatic heterocycles. The van der Waals surface area contributed by atoms with Crippen molar-refractivity contribution in [2.75, 3.05) is 18.5 Å². The maximum Gasteiger partial charge on any atom is 0.416 e. The summed E-state index contributed by atoms with van der Waals surface area (Å²) < 4.78 is 48.6. The van der Waals surface area contributed by atoms with Crippen LogP contribution in [0.1, 0.15) is 24.2 Å². The topological polar surface area (TPSA) is 54.7 Å². The summed E-state index contributed by atoms with van der Waals surface area (Å²) in [4.78, 5) is 14.4. The number of carbonyl (C=O) groups excluding carboxylic acids is 1. The van der Waals surface area contributed by atoms with E-state index in [1.165, 1.54) is 18.4 Å². The fraction of sp³-hybridized carbons (Fsp3) is 0.389. The number of nitrogens with one attached hydrogen (secondary N) is 1. The Labute approximate surface area is 148 Å². The third kappa shape index (κ3) is 4.57. The highest BCUT2D eigenvalue weighted by Gasteiger charge is 2.30. The Balaban J connectivity index is 1.72. The van der Waals surface area contributed by atoms with Gasteiger partial charge in [0.25, 0.3) is 0 Å². The molecule has 1 aliphatic rings. The first kappa shape index (κ1) is 18.3. The number of carbonyl (C=O) groups is 1. The Kier molecular flexibility index (Phi) is 5.51. The molecule has 0 bridgehead atoms. The second-order valence-corrected chi connectivity index (χ2v) is 6.06. The highest BCUT2D eigenvalue weighted by Crippen LogP contribution is 2.30. The van der Waals surface area contributed by atoms with Crippen LogP contribution < -0.4 is 5.32 Å². The molecule has 2 heterocycles. The average molecular weight is 368 g/mol. The van der Waals surface area contributed by atoms with Crippen molar-refractivity contribution in [1.29, 1.82) is 0 Å². The fourth-order valence-electron chi connectivity index (χ4n) is 2.87. The lowest BCUT2D eigenvalue weighted by Gasteiger charge is -2.33. The molecule has 0 aliphatic carbocycles. The molecular formula is C18H19F3N2O3. The zero-order chi connectivity index (χ0) is 18.6. The first-order valence-corrected chi connectivity index (χ1v) is 8.28. The lowest BCUT2D eigenvalue weighted by Crippen LogP contribution is -2.45. The van der Waals surface area contributed by atoms with Gasteiger partial charge in [-0.25, -0.2) is 4.79 Å². The summed E-state index contributed by atoms with van der Waals surface area (Å²) in [5, 5.41) is 2.67. The number of benzene rings is 1. The fourth-order valence-corrected chi connectivity index (χ4v) is 2.87. The van der Waals surface area contributed by atoms with E-state index in [0.29, 0.717) is 37.5 Å². The van der Waals surface area contributed by atoms with E-state index in [-0.39, 0.29) is 18.6 Å². The largest absolute Gasteiger partial charge is 0.467 e. The van der Waals surface area contributed by atoms with Crippen LogP contribution in [0.15, 0.2) is 47.1 Å². The van der Waals surface area contributed by atoms with E-state index in [4.69, 9.17) is 9.15 Å². The smallest absolute Gasteiger partial charge is 0.416 e. The predicted octanol–water partition coefficient (Wildman–Crippen LogP) is 4.51. The van der Waals surface area contributed by atoms with Crippen LogP contribution in [0.5, 0.6) is 0 Å². The highest BCUT2D eigenvalue weighted by atomic mass is 19.4. The van der Waals surface area contributed by atoms with E-state index in [1.54, 1.807) is 17.0 Å². The molecule has 2 amide bonds. The molecule has 1 aromatic carbocycles. The summed E-state index contributed by atoms with van der Waals surface area (Å²) in [6.45, 7) is 1.41. The third-order valence-corrected chi connectivity index (χ3v) is 4.26. The van der Waals surface area contributed by atoms with Crippen molar-refractivity contribution in [1.82, 2.24) is 4.90 Å². The van der Waals surface area contributed by atoms with Crippen LogP contribution in [0.25, 0.3) is 0 Å². The average Bonchev–Trinajstić information content (AvgIpc) is 3.13. The van der Waals surface area contributed by atoms with Gasteiger partial charge in [-0.3, -0.25) is 0 Å². The van der Waals surface area contributed by atoms with E-state index < -0.39 is 11.7 Å². The molecular weight excluding hydrogens is 349 g/mol. The van der Waals surface area contributed by atoms with Crippen LogP contribution in [-0.4, -0.2) is 30.2 Å². The number of urea groups is 1. The number of nitrogens with zero attached hydrogens (tertiary/aromatic N) is 1. The summed E-state index contributed by atoms with van der Waals surface area (Å²) >= 11 is 0. The summed E-state index contributed by atoms with van der Waals surface area (Å²) in [6, 6.07) is 7.49. The molecule has 0 unspecified atom stereocenters. The molecule has 0 saturated carbocycles. The number of furan rings is 1. The van der Waals surface area contributed by atoms with Crippen molar-refractivity contribution in [3.8, 4) is 0 Å². The minimum Gasteiger partial charge on any atom is -0.467 e. The molecule has 5 nitrogen and oxygen atoms in total. The number of rotatable bonds is 4. The number of hydrogen-bond acceptors (Lipinski definition) is 3. The van der Waals surface area contributed by atoms with E-state index >= 15 is 0 Å². The molecule has 8 heteroatoms. The van der Waals surface area contributed by atoms with Gasteiger partial charge in [0.1, 0.15) is 5.76 Å². The van der Waals surface area contributed by atoms with Gasteiger partial charge in [0.05, 0.1) is 18.4 Å². The van der Waals surface area contributed by atoms with Crippen LogP contribution in [0, 0.1) is 0 Å². The monoisotopic (exact) mass is 368 g/mol. The Morgan fingerprint density at radius 1 is 1.15 bits per heavy atom. The molecule has 1 aromatic heterocycles. The Morgan fingerprint density at radius 3 is 2.42 bits per heavy atom. The molecule has 0 spiro atoms. The van der Waals surface area contributed by atoms with Crippen molar-refractivity contribution in [2.24, 2.45) is 0 Å². The zero-order valence-corrected chi connectivity index (χ0v) is 14.0. The lowest BCUT2D eigenvalue weighted by atomic mass is 10.1. The van der Waals surface area contributed by atoms with Gasteiger partial charge in [0.15, 0.2) is 0 Å². The molecule has 1 N–H and O–H groups in total. The normalized spacial score (nSPS) is 15.7. The van der Waals surface area contributed by atoms with Crippen LogP contribution >= 0.6 is 0 Å². The minimum atomic E-state index is -4.41. The molecule has 3 rings (SSSR count). The summed E-state index contributed by atoms with van der Waals surface area (Å²) in [5.74, 6) is 0.638. The van der Waals surface area contributed by atoms with Crippen LogP contribution in [0.2, 0.25) is 0 Å². The first-order chi connectivity index (χ1) is 12.4. The minimum absolute atomic E-state index is 0.0247. The number of amides is 2. The first-order valence-electron chi connectivity index (χ1n) is 8.28. The Morgan fingerprint density at radius 2 is 1.85 bits per heavy atom. The molecule has 1 saturated heterocycles. The van der Waals surface area contributed by atoms with Crippen molar-refractivity contribution in [3.63, 3.8) is 0 Å². The van der Waals surface area contributed by atoms with Gasteiger partial charge in [0.2, 0.25) is 0 Å². The molecule has 26 heavy (non-hydrogen) atoms. The number of alkyl halides is 3. The summed E-state index contributed by atoms with van der Waals surface area (Å²) in [7, 11) is 0. The van der Waals surface area contributed by atoms with E-state index in [1.807, 2.05) is 0 Å². The Bertz CT molecular complexity index is 708. The Hall–Kier alpha value is -2.48. The van der Waals surface area contributed by atoms with Gasteiger partial charge >= 0.3 is 12.2 Å². The number of hydrogen-bond donors (Lipinski definition) is 1. The lowest BCUT2D eigenvalue weighted by molar-refractivity contribution is -0.137. The molecule has 0 radical (unpaired) electrons. The SMILES string of the molecule is O=C(Nc1ccc(C(F)(F)F)cc1)N(Cc1ccco1)C1CCOCC1. The van der Waals surface area contributed by atoms with Gasteiger partial charge in [-0.2, -0.15) is 13.2 Å². The second-order valence-electron chi connectivity index (χ2n) is 6.06. The number of anilines is 1. The van der Waals surface area contributed by atoms with Crippen LogP contribution in [0.3, 0.4) is 0 Å². The van der Waals surface area contributed by atoms with Crippen LogP contribution in [0.4, 0.5) is 23.7 Å². The maximum absolute atomic E-state index is 12.7. The van der Waals surface area contributed by atoms with E-state index in [9.17, 15) is 18.0 Å². The van der Waals surface area contributed by atoms with E-state index in [2.05, 4.69) is 5.32 Å². The molecule has 140 valence electrons. The van der Waals surface area contributed by atoms with Crippen molar-refractivity contribution in [3.05, 3.63) is 54.0 Å². The second kappa shape index (κ2) is 7.82. The van der Waals surface area contributed by atoms with Gasteiger partial charge < -0.3 is 19.4 Å². The summed E-state index contributed by atoms with van der Waals surface area (Å²) in [5.41, 5.74) is -0.452.